The van der Waals surface area contributed by atoms with E-state index in [0.29, 0.717) is 9.75 Å². The molecule has 3 rings (SSSR count). The van der Waals surface area contributed by atoms with E-state index in [-0.39, 0.29) is 23.8 Å². The minimum absolute atomic E-state index is 0.145. The average molecular weight is 327 g/mol. The van der Waals surface area contributed by atoms with E-state index in [0.717, 1.165) is 11.3 Å². The summed E-state index contributed by atoms with van der Waals surface area (Å²) >= 11 is 6.08. The van der Waals surface area contributed by atoms with Crippen molar-refractivity contribution in [3.63, 3.8) is 0 Å². The Morgan fingerprint density at radius 3 is 2.74 bits per heavy atom. The Labute approximate surface area is 138 Å². The van der Waals surface area contributed by atoms with Crippen molar-refractivity contribution in [1.82, 2.24) is 4.98 Å². The minimum atomic E-state index is -0.208. The molecule has 2 heterocycles. The summed E-state index contributed by atoms with van der Waals surface area (Å²) in [5.74, 6) is -0.392. The standard InChI is InChI=1S/C18H15ClN2O2/c19-14-6-3-5-13(11-14)15(16-7-4-9-20-16)12-18(22)17-8-1-2-10-21(17)23/h1-11,15,20H,12H2. The van der Waals surface area contributed by atoms with Crippen LogP contribution in [0.4, 0.5) is 0 Å². The molecule has 5 heteroatoms. The molecule has 0 saturated carbocycles. The van der Waals surface area contributed by atoms with Gasteiger partial charge in [0, 0.05) is 41.4 Å². The number of carbonyl (C=O) groups excluding carboxylic acids is 1. The summed E-state index contributed by atoms with van der Waals surface area (Å²) in [6.45, 7) is 0. The fourth-order valence-corrected chi connectivity index (χ4v) is 2.82. The normalized spacial score (nSPS) is 12.0. The molecule has 1 aromatic carbocycles. The van der Waals surface area contributed by atoms with Crippen molar-refractivity contribution < 1.29 is 9.52 Å². The van der Waals surface area contributed by atoms with Gasteiger partial charge in [0.2, 0.25) is 5.78 Å². The molecule has 3 aromatic rings. The van der Waals surface area contributed by atoms with Gasteiger partial charge in [-0.05, 0) is 35.9 Å². The average Bonchev–Trinajstić information content (AvgIpc) is 3.07. The lowest BCUT2D eigenvalue weighted by Crippen LogP contribution is -2.34. The lowest BCUT2D eigenvalue weighted by atomic mass is 9.90. The Morgan fingerprint density at radius 1 is 1.17 bits per heavy atom. The summed E-state index contributed by atoms with van der Waals surface area (Å²) in [7, 11) is 0. The van der Waals surface area contributed by atoms with E-state index < -0.39 is 0 Å². The third kappa shape index (κ3) is 3.43. The first-order chi connectivity index (χ1) is 11.1. The fourth-order valence-electron chi connectivity index (χ4n) is 2.63. The van der Waals surface area contributed by atoms with Gasteiger partial charge < -0.3 is 10.2 Å². The van der Waals surface area contributed by atoms with Gasteiger partial charge >= 0.3 is 0 Å². The Bertz CT molecular complexity index is 815. The summed E-state index contributed by atoms with van der Waals surface area (Å²) in [4.78, 5) is 15.7. The van der Waals surface area contributed by atoms with E-state index in [9.17, 15) is 10.0 Å². The van der Waals surface area contributed by atoms with Crippen LogP contribution in [0.15, 0.2) is 67.0 Å². The Balaban J connectivity index is 1.94. The van der Waals surface area contributed by atoms with Gasteiger partial charge in [0.25, 0.3) is 5.69 Å². The molecule has 0 saturated heterocycles. The van der Waals surface area contributed by atoms with E-state index in [2.05, 4.69) is 4.98 Å². The number of aromatic amines is 1. The fraction of sp³-hybridized carbons (Fsp3) is 0.111. The summed E-state index contributed by atoms with van der Waals surface area (Å²) in [5.41, 5.74) is 1.99. The third-order valence-electron chi connectivity index (χ3n) is 3.75. The number of H-pyrrole nitrogens is 1. The summed E-state index contributed by atoms with van der Waals surface area (Å²) in [6.07, 6.45) is 3.33. The highest BCUT2D eigenvalue weighted by Crippen LogP contribution is 2.29. The zero-order valence-electron chi connectivity index (χ0n) is 12.3. The van der Waals surface area contributed by atoms with Crippen LogP contribution in [0.1, 0.15) is 34.1 Å². The van der Waals surface area contributed by atoms with E-state index in [1.807, 2.05) is 36.5 Å². The Hall–Kier alpha value is -2.59. The van der Waals surface area contributed by atoms with Crippen molar-refractivity contribution in [2.45, 2.75) is 12.3 Å². The molecule has 1 N–H and O–H groups in total. The third-order valence-corrected chi connectivity index (χ3v) is 3.98. The van der Waals surface area contributed by atoms with Gasteiger partial charge in [0.15, 0.2) is 6.20 Å². The number of nitrogens with one attached hydrogen (secondary N) is 1. The van der Waals surface area contributed by atoms with Crippen molar-refractivity contribution in [1.29, 1.82) is 0 Å². The van der Waals surface area contributed by atoms with Crippen LogP contribution in [0.25, 0.3) is 0 Å². The second-order valence-electron chi connectivity index (χ2n) is 5.27. The SMILES string of the molecule is O=C(CC(c1cccc(Cl)c1)c1ccc[nH]1)c1cccc[n+]1[O-]. The molecule has 0 bridgehead atoms. The molecule has 0 radical (unpaired) electrons. The van der Waals surface area contributed by atoms with Gasteiger partial charge in [-0.25, -0.2) is 0 Å². The van der Waals surface area contributed by atoms with Gasteiger partial charge in [-0.3, -0.25) is 4.79 Å². The zero-order valence-corrected chi connectivity index (χ0v) is 13.0. The first kappa shape index (κ1) is 15.3. The topological polar surface area (TPSA) is 59.8 Å². The van der Waals surface area contributed by atoms with Crippen LogP contribution < -0.4 is 4.73 Å². The number of rotatable bonds is 5. The number of aromatic nitrogens is 2. The molecule has 0 aliphatic rings. The van der Waals surface area contributed by atoms with Crippen molar-refractivity contribution in [3.05, 3.63) is 94.2 Å². The number of carbonyl (C=O) groups is 1. The zero-order chi connectivity index (χ0) is 16.2. The van der Waals surface area contributed by atoms with Crippen LogP contribution in [-0.4, -0.2) is 10.8 Å². The van der Waals surface area contributed by atoms with Gasteiger partial charge in [-0.1, -0.05) is 23.7 Å². The Kier molecular flexibility index (Phi) is 4.44. The van der Waals surface area contributed by atoms with Gasteiger partial charge in [0.05, 0.1) is 0 Å². The summed E-state index contributed by atoms with van der Waals surface area (Å²) in [6, 6.07) is 16.1. The molecule has 0 amide bonds. The Morgan fingerprint density at radius 2 is 2.04 bits per heavy atom. The molecule has 116 valence electrons. The molecule has 0 spiro atoms. The molecule has 4 nitrogen and oxygen atoms in total. The van der Waals surface area contributed by atoms with Crippen LogP contribution in [0.5, 0.6) is 0 Å². The van der Waals surface area contributed by atoms with Crippen LogP contribution in [-0.2, 0) is 0 Å². The maximum Gasteiger partial charge on any atom is 0.259 e. The van der Waals surface area contributed by atoms with Crippen LogP contribution in [0.2, 0.25) is 5.02 Å². The number of benzene rings is 1. The molecule has 0 fully saturated rings. The second-order valence-corrected chi connectivity index (χ2v) is 5.71. The highest BCUT2D eigenvalue weighted by atomic mass is 35.5. The number of Topliss-reactive ketones (excluding diaryl/α,β-unsaturated/α-hetero) is 1. The first-order valence-corrected chi connectivity index (χ1v) is 7.63. The molecule has 1 unspecified atom stereocenters. The number of hydrogen-bond acceptors (Lipinski definition) is 2. The van der Waals surface area contributed by atoms with Crippen molar-refractivity contribution in [2.75, 3.05) is 0 Å². The monoisotopic (exact) mass is 326 g/mol. The van der Waals surface area contributed by atoms with E-state index in [1.165, 1.54) is 6.20 Å². The summed E-state index contributed by atoms with van der Waals surface area (Å²) in [5, 5.41) is 12.4. The highest BCUT2D eigenvalue weighted by molar-refractivity contribution is 6.30. The van der Waals surface area contributed by atoms with Gasteiger partial charge in [-0.2, -0.15) is 4.73 Å². The van der Waals surface area contributed by atoms with Crippen LogP contribution in [0.3, 0.4) is 0 Å². The number of hydrogen-bond donors (Lipinski definition) is 1. The van der Waals surface area contributed by atoms with Crippen LogP contribution in [0, 0.1) is 5.21 Å². The molecule has 0 aliphatic heterocycles. The quantitative estimate of drug-likeness (QED) is 0.441. The molecule has 23 heavy (non-hydrogen) atoms. The van der Waals surface area contributed by atoms with E-state index in [1.54, 1.807) is 24.3 Å². The molecule has 2 aromatic heterocycles. The number of halogens is 1. The van der Waals surface area contributed by atoms with E-state index >= 15 is 0 Å². The summed E-state index contributed by atoms with van der Waals surface area (Å²) < 4.78 is 0.603. The molecular formula is C18H15ClN2O2. The number of pyridine rings is 1. The lowest BCUT2D eigenvalue weighted by Gasteiger charge is -2.16. The van der Waals surface area contributed by atoms with Crippen molar-refractivity contribution >= 4 is 17.4 Å². The smallest absolute Gasteiger partial charge is 0.259 e. The maximum atomic E-state index is 12.6. The molecule has 0 aliphatic carbocycles. The minimum Gasteiger partial charge on any atom is -0.618 e. The first-order valence-electron chi connectivity index (χ1n) is 7.25. The molecule has 1 atom stereocenters. The predicted octanol–water partition coefficient (Wildman–Crippen LogP) is 3.71. The van der Waals surface area contributed by atoms with Crippen LogP contribution >= 0.6 is 11.6 Å². The van der Waals surface area contributed by atoms with Gasteiger partial charge in [0.1, 0.15) is 0 Å². The number of nitrogens with zero attached hydrogens (tertiary/aromatic N) is 1. The maximum absolute atomic E-state index is 12.6. The molecular weight excluding hydrogens is 312 g/mol. The highest BCUT2D eigenvalue weighted by Gasteiger charge is 2.24. The van der Waals surface area contributed by atoms with E-state index in [4.69, 9.17) is 11.6 Å². The van der Waals surface area contributed by atoms with Gasteiger partial charge in [-0.15, -0.1) is 0 Å². The lowest BCUT2D eigenvalue weighted by molar-refractivity contribution is -0.607. The van der Waals surface area contributed by atoms with Crippen molar-refractivity contribution in [2.24, 2.45) is 0 Å². The van der Waals surface area contributed by atoms with Crippen molar-refractivity contribution in [3.8, 4) is 0 Å². The number of ketones is 1. The second kappa shape index (κ2) is 6.67. The predicted molar refractivity (Wildman–Crippen MR) is 88.4 cm³/mol. The largest absolute Gasteiger partial charge is 0.618 e.